The molecule has 0 radical (unpaired) electrons. The van der Waals surface area contributed by atoms with E-state index < -0.39 is 0 Å². The number of morpholine rings is 1. The zero-order valence-electron chi connectivity index (χ0n) is 14.5. The minimum atomic E-state index is -0.258. The molecule has 1 heterocycles. The second-order valence-electron chi connectivity index (χ2n) is 6.67. The van der Waals surface area contributed by atoms with Crippen molar-refractivity contribution >= 4 is 17.7 Å². The Morgan fingerprint density at radius 2 is 1.84 bits per heavy atom. The number of carbonyl (C=O) groups is 1. The van der Waals surface area contributed by atoms with Crippen LogP contribution in [0.15, 0.2) is 29.8 Å². The molecule has 5 nitrogen and oxygen atoms in total. The summed E-state index contributed by atoms with van der Waals surface area (Å²) in [5.74, 6) is -0.258. The highest BCUT2D eigenvalue weighted by Crippen LogP contribution is 2.19. The highest BCUT2D eigenvalue weighted by Gasteiger charge is 2.18. The molecule has 132 valence electrons. The van der Waals surface area contributed by atoms with E-state index in [1.165, 1.54) is 6.42 Å². The van der Waals surface area contributed by atoms with E-state index in [-0.39, 0.29) is 17.5 Å². The van der Waals surface area contributed by atoms with Crippen LogP contribution in [0.5, 0.6) is 0 Å². The number of anilines is 1. The molecule has 0 bridgehead atoms. The van der Waals surface area contributed by atoms with Gasteiger partial charge in [0.15, 0.2) is 0 Å². The van der Waals surface area contributed by atoms with Gasteiger partial charge in [-0.2, -0.15) is 5.26 Å². The third-order valence-corrected chi connectivity index (χ3v) is 4.89. The highest BCUT2D eigenvalue weighted by molar-refractivity contribution is 6.01. The van der Waals surface area contributed by atoms with Gasteiger partial charge in [-0.3, -0.25) is 4.79 Å². The maximum Gasteiger partial charge on any atom is 0.262 e. The number of hydrogen-bond acceptors (Lipinski definition) is 4. The molecule has 1 saturated heterocycles. The average molecular weight is 339 g/mol. The van der Waals surface area contributed by atoms with Crippen LogP contribution in [0.1, 0.15) is 37.7 Å². The first kappa shape index (κ1) is 17.5. The number of rotatable bonds is 4. The fraction of sp³-hybridized carbons (Fsp3) is 0.500. The molecule has 25 heavy (non-hydrogen) atoms. The fourth-order valence-corrected chi connectivity index (χ4v) is 3.43. The zero-order chi connectivity index (χ0) is 17.5. The first-order valence-corrected chi connectivity index (χ1v) is 9.12. The van der Waals surface area contributed by atoms with Crippen LogP contribution in [0.2, 0.25) is 0 Å². The molecule has 1 aromatic carbocycles. The summed E-state index contributed by atoms with van der Waals surface area (Å²) >= 11 is 0. The second kappa shape index (κ2) is 8.68. The molecule has 0 aromatic heterocycles. The van der Waals surface area contributed by atoms with Gasteiger partial charge in [-0.05, 0) is 36.6 Å². The topological polar surface area (TPSA) is 65.4 Å². The quantitative estimate of drug-likeness (QED) is 0.677. The highest BCUT2D eigenvalue weighted by atomic mass is 16.5. The van der Waals surface area contributed by atoms with Crippen LogP contribution in [-0.4, -0.2) is 38.3 Å². The van der Waals surface area contributed by atoms with Crippen LogP contribution < -0.4 is 10.2 Å². The van der Waals surface area contributed by atoms with Crippen molar-refractivity contribution in [2.24, 2.45) is 0 Å². The molecule has 1 aromatic rings. The molecule has 0 unspecified atom stereocenters. The lowest BCUT2D eigenvalue weighted by Crippen LogP contribution is -2.36. The maximum absolute atomic E-state index is 12.3. The van der Waals surface area contributed by atoms with Crippen LogP contribution in [0.4, 0.5) is 5.69 Å². The Balaban J connectivity index is 1.64. The predicted octanol–water partition coefficient (Wildman–Crippen LogP) is 2.88. The maximum atomic E-state index is 12.3. The molecule has 2 aliphatic rings. The van der Waals surface area contributed by atoms with Crippen LogP contribution >= 0.6 is 0 Å². The van der Waals surface area contributed by atoms with Crippen molar-refractivity contribution in [2.45, 2.75) is 38.1 Å². The fourth-order valence-electron chi connectivity index (χ4n) is 3.43. The number of ether oxygens (including phenoxy) is 1. The van der Waals surface area contributed by atoms with Crippen molar-refractivity contribution in [1.82, 2.24) is 5.32 Å². The molecule has 1 saturated carbocycles. The lowest BCUT2D eigenvalue weighted by molar-refractivity contribution is -0.117. The summed E-state index contributed by atoms with van der Waals surface area (Å²) in [6, 6.07) is 10.2. The molecule has 0 spiro atoms. The minimum absolute atomic E-state index is 0.171. The Morgan fingerprint density at radius 1 is 1.16 bits per heavy atom. The molecular weight excluding hydrogens is 314 g/mol. The molecule has 1 amide bonds. The molecule has 1 aliphatic carbocycles. The van der Waals surface area contributed by atoms with Crippen LogP contribution in [0.25, 0.3) is 6.08 Å². The molecule has 5 heteroatoms. The van der Waals surface area contributed by atoms with E-state index in [0.29, 0.717) is 0 Å². The third kappa shape index (κ3) is 4.83. The Morgan fingerprint density at radius 3 is 2.48 bits per heavy atom. The average Bonchev–Trinajstić information content (AvgIpc) is 2.68. The number of benzene rings is 1. The van der Waals surface area contributed by atoms with Gasteiger partial charge in [-0.15, -0.1) is 0 Å². The minimum Gasteiger partial charge on any atom is -0.378 e. The summed E-state index contributed by atoms with van der Waals surface area (Å²) in [4.78, 5) is 14.6. The van der Waals surface area contributed by atoms with E-state index in [1.807, 2.05) is 30.3 Å². The number of hydrogen-bond donors (Lipinski definition) is 1. The number of carbonyl (C=O) groups excluding carboxylic acids is 1. The first-order valence-electron chi connectivity index (χ1n) is 9.12. The van der Waals surface area contributed by atoms with E-state index in [4.69, 9.17) is 4.74 Å². The Labute approximate surface area is 149 Å². The molecule has 0 atom stereocenters. The van der Waals surface area contributed by atoms with Crippen molar-refractivity contribution < 1.29 is 9.53 Å². The standard InChI is InChI=1S/C20H25N3O2/c21-15-17(20(24)22-18-4-2-1-3-5-18)14-16-6-8-19(9-7-16)23-10-12-25-13-11-23/h6-9,14,18H,1-5,10-13H2,(H,22,24)/b17-14+. The molecule has 1 aliphatic heterocycles. The van der Waals surface area contributed by atoms with Crippen molar-refractivity contribution in [2.75, 3.05) is 31.2 Å². The van der Waals surface area contributed by atoms with E-state index in [9.17, 15) is 10.1 Å². The zero-order valence-corrected chi connectivity index (χ0v) is 14.5. The van der Waals surface area contributed by atoms with Crippen molar-refractivity contribution in [3.63, 3.8) is 0 Å². The normalized spacial score (nSPS) is 19.3. The van der Waals surface area contributed by atoms with Gasteiger partial charge in [0.25, 0.3) is 5.91 Å². The number of nitrogens with one attached hydrogen (secondary N) is 1. The van der Waals surface area contributed by atoms with Gasteiger partial charge >= 0.3 is 0 Å². The summed E-state index contributed by atoms with van der Waals surface area (Å²) in [5.41, 5.74) is 2.18. The van der Waals surface area contributed by atoms with E-state index in [1.54, 1.807) is 6.08 Å². The van der Waals surface area contributed by atoms with Gasteiger partial charge in [-0.1, -0.05) is 31.4 Å². The lowest BCUT2D eigenvalue weighted by atomic mass is 9.95. The van der Waals surface area contributed by atoms with E-state index in [2.05, 4.69) is 10.2 Å². The summed E-state index contributed by atoms with van der Waals surface area (Å²) in [5, 5.41) is 12.3. The van der Waals surface area contributed by atoms with Crippen molar-refractivity contribution in [3.8, 4) is 6.07 Å². The largest absolute Gasteiger partial charge is 0.378 e. The Kier molecular flexibility index (Phi) is 6.08. The van der Waals surface area contributed by atoms with Gasteiger partial charge in [0.05, 0.1) is 13.2 Å². The summed E-state index contributed by atoms with van der Waals surface area (Å²) in [6.07, 6.45) is 7.24. The smallest absolute Gasteiger partial charge is 0.262 e. The van der Waals surface area contributed by atoms with Crippen molar-refractivity contribution in [3.05, 3.63) is 35.4 Å². The van der Waals surface area contributed by atoms with Gasteiger partial charge in [0.2, 0.25) is 0 Å². The summed E-state index contributed by atoms with van der Waals surface area (Å²) < 4.78 is 5.37. The van der Waals surface area contributed by atoms with Gasteiger partial charge < -0.3 is 15.0 Å². The molecule has 2 fully saturated rings. The number of nitriles is 1. The second-order valence-corrected chi connectivity index (χ2v) is 6.67. The summed E-state index contributed by atoms with van der Waals surface area (Å²) in [7, 11) is 0. The SMILES string of the molecule is N#C/C(=C\c1ccc(N2CCOCC2)cc1)C(=O)NC1CCCCC1. The van der Waals surface area contributed by atoms with Gasteiger partial charge in [-0.25, -0.2) is 0 Å². The van der Waals surface area contributed by atoms with E-state index in [0.717, 1.165) is 63.2 Å². The Hall–Kier alpha value is -2.32. The molecular formula is C20H25N3O2. The molecule has 1 N–H and O–H groups in total. The van der Waals surface area contributed by atoms with Crippen LogP contribution in [0, 0.1) is 11.3 Å². The molecule has 3 rings (SSSR count). The van der Waals surface area contributed by atoms with Crippen LogP contribution in [0.3, 0.4) is 0 Å². The predicted molar refractivity (Wildman–Crippen MR) is 98.1 cm³/mol. The number of nitrogens with zero attached hydrogens (tertiary/aromatic N) is 2. The number of amides is 1. The lowest BCUT2D eigenvalue weighted by Gasteiger charge is -2.28. The van der Waals surface area contributed by atoms with Gasteiger partial charge in [0, 0.05) is 24.8 Å². The van der Waals surface area contributed by atoms with Crippen LogP contribution in [-0.2, 0) is 9.53 Å². The first-order chi connectivity index (χ1) is 12.3. The van der Waals surface area contributed by atoms with Gasteiger partial charge in [0.1, 0.15) is 11.6 Å². The summed E-state index contributed by atoms with van der Waals surface area (Å²) in [6.45, 7) is 3.29. The monoisotopic (exact) mass is 339 g/mol. The third-order valence-electron chi connectivity index (χ3n) is 4.89. The van der Waals surface area contributed by atoms with E-state index >= 15 is 0 Å². The van der Waals surface area contributed by atoms with Crippen molar-refractivity contribution in [1.29, 1.82) is 5.26 Å². The Bertz CT molecular complexity index is 649.